The van der Waals surface area contributed by atoms with Crippen molar-refractivity contribution in [3.05, 3.63) is 151 Å². The highest BCUT2D eigenvalue weighted by atomic mass is 16.3. The Morgan fingerprint density at radius 1 is 0.510 bits per heavy atom. The first kappa shape index (κ1) is 27.7. The zero-order chi connectivity index (χ0) is 32.7. The lowest BCUT2D eigenvalue weighted by Gasteiger charge is -2.21. The van der Waals surface area contributed by atoms with Gasteiger partial charge in [-0.2, -0.15) is 9.97 Å². The minimum absolute atomic E-state index is 0.160. The van der Waals surface area contributed by atoms with Gasteiger partial charge in [-0.25, -0.2) is 9.97 Å². The molecular weight excluding hydrogens is 603 g/mol. The average Bonchev–Trinajstić information content (AvgIpc) is 3.81. The normalized spacial score (nSPS) is 13.3. The molecule has 49 heavy (non-hydrogen) atoms. The number of para-hydroxylation sites is 3. The number of rotatable bonds is 4. The number of hydrogen-bond donors (Lipinski definition) is 0. The molecule has 1 aliphatic carbocycles. The fraction of sp³-hybridized carbons (Fsp3) is 0.0698. The third-order valence-electron chi connectivity index (χ3n) is 9.92. The Bertz CT molecular complexity index is 2700. The topological polar surface area (TPSA) is 69.6 Å². The van der Waals surface area contributed by atoms with Gasteiger partial charge >= 0.3 is 0 Å². The molecule has 0 spiro atoms. The molecule has 0 saturated carbocycles. The van der Waals surface area contributed by atoms with E-state index in [2.05, 4.69) is 109 Å². The predicted octanol–water partition coefficient (Wildman–Crippen LogP) is 10.4. The summed E-state index contributed by atoms with van der Waals surface area (Å²) in [5.74, 6) is 2.21. The molecule has 0 aliphatic heterocycles. The van der Waals surface area contributed by atoms with E-state index in [9.17, 15) is 0 Å². The summed E-state index contributed by atoms with van der Waals surface area (Å²) in [4.78, 5) is 20.4. The maximum atomic E-state index is 6.46. The summed E-state index contributed by atoms with van der Waals surface area (Å²) in [6.07, 6.45) is 0. The summed E-state index contributed by atoms with van der Waals surface area (Å²) >= 11 is 0. The van der Waals surface area contributed by atoms with Crippen molar-refractivity contribution < 1.29 is 4.42 Å². The second-order valence-electron chi connectivity index (χ2n) is 13.1. The van der Waals surface area contributed by atoms with E-state index in [1.54, 1.807) is 0 Å². The summed E-state index contributed by atoms with van der Waals surface area (Å²) in [6.45, 7) is 4.58. The van der Waals surface area contributed by atoms with Crippen LogP contribution >= 0.6 is 0 Å². The molecule has 9 aromatic rings. The van der Waals surface area contributed by atoms with Crippen molar-refractivity contribution in [1.82, 2.24) is 24.5 Å². The van der Waals surface area contributed by atoms with Gasteiger partial charge in [-0.15, -0.1) is 0 Å². The third kappa shape index (κ3) is 4.14. The Labute approximate surface area is 282 Å². The molecule has 232 valence electrons. The monoisotopic (exact) mass is 631 g/mol. The van der Waals surface area contributed by atoms with Gasteiger partial charge in [-0.05, 0) is 64.7 Å². The van der Waals surface area contributed by atoms with Crippen molar-refractivity contribution >= 4 is 32.9 Å². The quantitative estimate of drug-likeness (QED) is 0.193. The number of aromatic nitrogens is 5. The first-order valence-corrected chi connectivity index (χ1v) is 16.5. The van der Waals surface area contributed by atoms with Gasteiger partial charge in [0.2, 0.25) is 11.8 Å². The van der Waals surface area contributed by atoms with E-state index in [-0.39, 0.29) is 5.41 Å². The largest absolute Gasteiger partial charge is 0.435 e. The van der Waals surface area contributed by atoms with Crippen LogP contribution in [0.1, 0.15) is 25.0 Å². The smallest absolute Gasteiger partial charge is 0.238 e. The molecule has 0 amide bonds. The van der Waals surface area contributed by atoms with E-state index >= 15 is 0 Å². The SMILES string of the molecule is CC1(C)c2ccccc2-c2ccc(-c3nc(-c4cccc5nc(-c6ccccc6)oc45)nc(-n4c5ccccc5c5ccccc54)n3)cc21. The number of nitrogens with zero attached hydrogens (tertiary/aromatic N) is 5. The molecule has 6 heteroatoms. The summed E-state index contributed by atoms with van der Waals surface area (Å²) in [7, 11) is 0. The van der Waals surface area contributed by atoms with Crippen LogP contribution in [0.5, 0.6) is 0 Å². The minimum Gasteiger partial charge on any atom is -0.435 e. The van der Waals surface area contributed by atoms with Crippen LogP contribution in [0.4, 0.5) is 0 Å². The number of fused-ring (bicyclic) bond motifs is 7. The highest BCUT2D eigenvalue weighted by Gasteiger charge is 2.35. The van der Waals surface area contributed by atoms with Crippen LogP contribution in [-0.2, 0) is 5.41 Å². The standard InChI is InChI=1S/C43H29N5O/c1-43(2)33-19-9-6-15-28(33)29-24-23-27(25-34(29)43)39-45-40(32-18-12-20-35-38(32)49-41(44-35)26-13-4-3-5-14-26)47-42(46-39)48-36-21-10-7-16-30(36)31-17-8-11-22-37(31)48/h3-25H,1-2H3. The molecule has 1 aliphatic rings. The van der Waals surface area contributed by atoms with Crippen molar-refractivity contribution in [2.45, 2.75) is 19.3 Å². The van der Waals surface area contributed by atoms with Crippen LogP contribution < -0.4 is 0 Å². The zero-order valence-corrected chi connectivity index (χ0v) is 26.9. The van der Waals surface area contributed by atoms with E-state index in [4.69, 9.17) is 24.4 Å². The summed E-state index contributed by atoms with van der Waals surface area (Å²) in [5.41, 5.74) is 11.0. The van der Waals surface area contributed by atoms with Gasteiger partial charge in [0, 0.05) is 27.3 Å². The van der Waals surface area contributed by atoms with E-state index in [0.29, 0.717) is 29.1 Å². The zero-order valence-electron chi connectivity index (χ0n) is 26.9. The molecule has 0 unspecified atom stereocenters. The first-order valence-electron chi connectivity index (χ1n) is 16.5. The molecule has 0 atom stereocenters. The first-order chi connectivity index (χ1) is 24.0. The van der Waals surface area contributed by atoms with E-state index in [0.717, 1.165) is 44.0 Å². The highest BCUT2D eigenvalue weighted by molar-refractivity contribution is 6.09. The van der Waals surface area contributed by atoms with Crippen LogP contribution in [0.15, 0.2) is 144 Å². The molecule has 6 aromatic carbocycles. The van der Waals surface area contributed by atoms with Crippen LogP contribution in [-0.4, -0.2) is 24.5 Å². The predicted molar refractivity (Wildman–Crippen MR) is 196 cm³/mol. The van der Waals surface area contributed by atoms with Crippen LogP contribution in [0, 0.1) is 0 Å². The average molecular weight is 632 g/mol. The molecule has 6 nitrogen and oxygen atoms in total. The number of benzene rings is 6. The maximum absolute atomic E-state index is 6.46. The van der Waals surface area contributed by atoms with E-state index < -0.39 is 0 Å². The summed E-state index contributed by atoms with van der Waals surface area (Å²) in [5, 5.41) is 2.28. The Hall–Kier alpha value is -6.40. The summed E-state index contributed by atoms with van der Waals surface area (Å²) in [6, 6.07) is 48.0. The number of oxazole rings is 1. The lowest BCUT2D eigenvalue weighted by atomic mass is 9.82. The van der Waals surface area contributed by atoms with Gasteiger partial charge in [0.25, 0.3) is 0 Å². The lowest BCUT2D eigenvalue weighted by molar-refractivity contribution is 0.620. The second-order valence-corrected chi connectivity index (χ2v) is 13.1. The van der Waals surface area contributed by atoms with Crippen molar-refractivity contribution in [3.8, 4) is 51.3 Å². The van der Waals surface area contributed by atoms with Crippen LogP contribution in [0.3, 0.4) is 0 Å². The molecule has 0 fully saturated rings. The maximum Gasteiger partial charge on any atom is 0.238 e. The number of hydrogen-bond acceptors (Lipinski definition) is 5. The molecule has 0 N–H and O–H groups in total. The van der Waals surface area contributed by atoms with Gasteiger partial charge in [0.05, 0.1) is 16.6 Å². The van der Waals surface area contributed by atoms with Gasteiger partial charge in [-0.1, -0.05) is 111 Å². The van der Waals surface area contributed by atoms with Gasteiger partial charge < -0.3 is 4.42 Å². The molecule has 3 heterocycles. The van der Waals surface area contributed by atoms with Crippen molar-refractivity contribution in [3.63, 3.8) is 0 Å². The van der Waals surface area contributed by atoms with Gasteiger partial charge in [0.15, 0.2) is 17.2 Å². The van der Waals surface area contributed by atoms with Crippen LogP contribution in [0.25, 0.3) is 84.2 Å². The Kier molecular flexibility index (Phi) is 5.82. The fourth-order valence-electron chi connectivity index (χ4n) is 7.53. The van der Waals surface area contributed by atoms with Crippen molar-refractivity contribution in [1.29, 1.82) is 0 Å². The molecule has 10 rings (SSSR count). The van der Waals surface area contributed by atoms with Crippen molar-refractivity contribution in [2.75, 3.05) is 0 Å². The summed E-state index contributed by atoms with van der Waals surface area (Å²) < 4.78 is 8.60. The third-order valence-corrected chi connectivity index (χ3v) is 9.92. The molecule has 0 bridgehead atoms. The van der Waals surface area contributed by atoms with E-state index in [1.165, 1.54) is 22.3 Å². The Morgan fingerprint density at radius 2 is 1.16 bits per heavy atom. The Balaban J connectivity index is 1.23. The fourth-order valence-corrected chi connectivity index (χ4v) is 7.53. The van der Waals surface area contributed by atoms with Crippen LogP contribution in [0.2, 0.25) is 0 Å². The highest BCUT2D eigenvalue weighted by Crippen LogP contribution is 2.49. The van der Waals surface area contributed by atoms with E-state index in [1.807, 2.05) is 48.5 Å². The minimum atomic E-state index is -0.160. The lowest BCUT2D eigenvalue weighted by Crippen LogP contribution is -2.15. The van der Waals surface area contributed by atoms with Crippen molar-refractivity contribution in [2.24, 2.45) is 0 Å². The molecule has 0 radical (unpaired) electrons. The Morgan fingerprint density at radius 3 is 1.96 bits per heavy atom. The molecule has 3 aromatic heterocycles. The second kappa shape index (κ2) is 10.3. The van der Waals surface area contributed by atoms with Gasteiger partial charge in [0.1, 0.15) is 5.52 Å². The molecule has 0 saturated heterocycles. The molecular formula is C43H29N5O. The van der Waals surface area contributed by atoms with Gasteiger partial charge in [-0.3, -0.25) is 4.57 Å².